The molecule has 0 atom stereocenters. The van der Waals surface area contributed by atoms with Crippen molar-refractivity contribution in [3.63, 3.8) is 0 Å². The van der Waals surface area contributed by atoms with E-state index in [4.69, 9.17) is 10.5 Å². The lowest BCUT2D eigenvalue weighted by atomic mass is 9.82. The number of nitrogens with two attached hydrogens (primary N) is 1. The number of rotatable bonds is 4. The minimum absolute atomic E-state index is 0.273. The third-order valence-corrected chi connectivity index (χ3v) is 4.06. The Labute approximate surface area is 103 Å². The SMILES string of the molecule is NCCN1CCC(C(=O)C2CCOCC2)CC1. The van der Waals surface area contributed by atoms with Gasteiger partial charge in [0.1, 0.15) is 5.78 Å². The van der Waals surface area contributed by atoms with Crippen LogP contribution >= 0.6 is 0 Å². The third-order valence-electron chi connectivity index (χ3n) is 4.06. The van der Waals surface area contributed by atoms with Gasteiger partial charge in [0, 0.05) is 38.1 Å². The summed E-state index contributed by atoms with van der Waals surface area (Å²) in [7, 11) is 0. The van der Waals surface area contributed by atoms with Gasteiger partial charge in [0.25, 0.3) is 0 Å². The van der Waals surface area contributed by atoms with Gasteiger partial charge in [-0.3, -0.25) is 4.79 Å². The summed E-state index contributed by atoms with van der Waals surface area (Å²) < 4.78 is 5.31. The van der Waals surface area contributed by atoms with Crippen LogP contribution < -0.4 is 5.73 Å². The van der Waals surface area contributed by atoms with Crippen LogP contribution in [0.1, 0.15) is 25.7 Å². The number of carbonyl (C=O) groups is 1. The lowest BCUT2D eigenvalue weighted by molar-refractivity contribution is -0.131. The van der Waals surface area contributed by atoms with E-state index >= 15 is 0 Å². The van der Waals surface area contributed by atoms with E-state index in [1.807, 2.05) is 0 Å². The first-order valence-electron chi connectivity index (χ1n) is 6.85. The van der Waals surface area contributed by atoms with E-state index in [9.17, 15) is 4.79 Å². The molecule has 4 nitrogen and oxygen atoms in total. The fourth-order valence-corrected chi connectivity index (χ4v) is 2.94. The summed E-state index contributed by atoms with van der Waals surface area (Å²) in [6.45, 7) is 5.30. The number of Topliss-reactive ketones (excluding diaryl/α,β-unsaturated/α-hetero) is 1. The number of ketones is 1. The highest BCUT2D eigenvalue weighted by Gasteiger charge is 2.30. The highest BCUT2D eigenvalue weighted by Crippen LogP contribution is 2.26. The van der Waals surface area contributed by atoms with E-state index in [1.165, 1.54) is 0 Å². The molecule has 17 heavy (non-hydrogen) atoms. The van der Waals surface area contributed by atoms with Crippen LogP contribution in [-0.2, 0) is 9.53 Å². The molecule has 2 rings (SSSR count). The lowest BCUT2D eigenvalue weighted by Gasteiger charge is -2.33. The van der Waals surface area contributed by atoms with Crippen molar-refractivity contribution < 1.29 is 9.53 Å². The van der Waals surface area contributed by atoms with Crippen molar-refractivity contribution >= 4 is 5.78 Å². The van der Waals surface area contributed by atoms with Gasteiger partial charge in [-0.1, -0.05) is 0 Å². The lowest BCUT2D eigenvalue weighted by Crippen LogP contribution is -2.40. The normalized spacial score (nSPS) is 25.0. The van der Waals surface area contributed by atoms with Gasteiger partial charge >= 0.3 is 0 Å². The summed E-state index contributed by atoms with van der Waals surface area (Å²) in [5.74, 6) is 1.07. The molecular formula is C13H24N2O2. The van der Waals surface area contributed by atoms with Crippen molar-refractivity contribution in [1.82, 2.24) is 4.90 Å². The van der Waals surface area contributed by atoms with E-state index < -0.39 is 0 Å². The minimum Gasteiger partial charge on any atom is -0.381 e. The number of piperidine rings is 1. The van der Waals surface area contributed by atoms with Crippen molar-refractivity contribution in [3.8, 4) is 0 Å². The topological polar surface area (TPSA) is 55.6 Å². The van der Waals surface area contributed by atoms with Gasteiger partial charge in [-0.05, 0) is 38.8 Å². The molecule has 0 aromatic carbocycles. The molecule has 98 valence electrons. The third kappa shape index (κ3) is 3.50. The smallest absolute Gasteiger partial charge is 0.139 e. The number of nitrogens with zero attached hydrogens (tertiary/aromatic N) is 1. The Morgan fingerprint density at radius 1 is 1.12 bits per heavy atom. The second-order valence-corrected chi connectivity index (χ2v) is 5.19. The maximum Gasteiger partial charge on any atom is 0.139 e. The van der Waals surface area contributed by atoms with Crippen LogP contribution in [0.25, 0.3) is 0 Å². The van der Waals surface area contributed by atoms with Gasteiger partial charge < -0.3 is 15.4 Å². The molecule has 0 amide bonds. The summed E-state index contributed by atoms with van der Waals surface area (Å²) in [6, 6.07) is 0. The van der Waals surface area contributed by atoms with Gasteiger partial charge in [0.05, 0.1) is 0 Å². The molecule has 0 bridgehead atoms. The van der Waals surface area contributed by atoms with E-state index in [0.717, 1.165) is 65.1 Å². The molecule has 2 saturated heterocycles. The summed E-state index contributed by atoms with van der Waals surface area (Å²) in [6.07, 6.45) is 3.91. The maximum absolute atomic E-state index is 12.3. The van der Waals surface area contributed by atoms with Crippen molar-refractivity contribution in [2.24, 2.45) is 17.6 Å². The van der Waals surface area contributed by atoms with Crippen LogP contribution in [0.3, 0.4) is 0 Å². The zero-order chi connectivity index (χ0) is 12.1. The fourth-order valence-electron chi connectivity index (χ4n) is 2.94. The molecule has 0 saturated carbocycles. The summed E-state index contributed by atoms with van der Waals surface area (Å²) in [4.78, 5) is 14.7. The Balaban J connectivity index is 1.77. The Hall–Kier alpha value is -0.450. The maximum atomic E-state index is 12.3. The highest BCUT2D eigenvalue weighted by molar-refractivity contribution is 5.83. The quantitative estimate of drug-likeness (QED) is 0.784. The van der Waals surface area contributed by atoms with Gasteiger partial charge in [-0.25, -0.2) is 0 Å². The van der Waals surface area contributed by atoms with Gasteiger partial charge in [0.15, 0.2) is 0 Å². The molecule has 0 aromatic rings. The summed E-state index contributed by atoms with van der Waals surface area (Å²) in [5, 5.41) is 0. The Morgan fingerprint density at radius 3 is 2.29 bits per heavy atom. The first kappa shape index (κ1) is 13.0. The number of hydrogen-bond acceptors (Lipinski definition) is 4. The Kier molecular flexibility index (Phi) is 4.95. The number of carbonyl (C=O) groups excluding carboxylic acids is 1. The average molecular weight is 240 g/mol. The molecule has 2 N–H and O–H groups in total. The molecule has 0 spiro atoms. The van der Waals surface area contributed by atoms with Crippen LogP contribution in [0.15, 0.2) is 0 Å². The van der Waals surface area contributed by atoms with Gasteiger partial charge in [0.2, 0.25) is 0 Å². The molecule has 4 heteroatoms. The molecule has 2 fully saturated rings. The molecule has 2 aliphatic rings. The molecule has 0 radical (unpaired) electrons. The number of hydrogen-bond donors (Lipinski definition) is 1. The zero-order valence-electron chi connectivity index (χ0n) is 10.6. The summed E-state index contributed by atoms with van der Waals surface area (Å²) in [5.41, 5.74) is 5.55. The molecule has 0 unspecified atom stereocenters. The number of likely N-dealkylation sites (tertiary alicyclic amines) is 1. The van der Waals surface area contributed by atoms with Crippen LogP contribution in [-0.4, -0.2) is 50.1 Å². The second kappa shape index (κ2) is 6.47. The van der Waals surface area contributed by atoms with Crippen molar-refractivity contribution in [2.45, 2.75) is 25.7 Å². The van der Waals surface area contributed by atoms with E-state index in [-0.39, 0.29) is 5.92 Å². The summed E-state index contributed by atoms with van der Waals surface area (Å²) >= 11 is 0. The van der Waals surface area contributed by atoms with Crippen LogP contribution in [0.2, 0.25) is 0 Å². The zero-order valence-corrected chi connectivity index (χ0v) is 10.6. The Bertz CT molecular complexity index is 244. The number of ether oxygens (including phenoxy) is 1. The van der Waals surface area contributed by atoms with Gasteiger partial charge in [-0.15, -0.1) is 0 Å². The van der Waals surface area contributed by atoms with Crippen molar-refractivity contribution in [3.05, 3.63) is 0 Å². The predicted molar refractivity (Wildman–Crippen MR) is 66.8 cm³/mol. The van der Waals surface area contributed by atoms with E-state index in [1.54, 1.807) is 0 Å². The average Bonchev–Trinajstić information content (AvgIpc) is 2.40. The minimum atomic E-state index is 0.273. The fraction of sp³-hybridized carbons (Fsp3) is 0.923. The second-order valence-electron chi connectivity index (χ2n) is 5.19. The van der Waals surface area contributed by atoms with Crippen LogP contribution in [0.4, 0.5) is 0 Å². The van der Waals surface area contributed by atoms with Gasteiger partial charge in [-0.2, -0.15) is 0 Å². The first-order chi connectivity index (χ1) is 8.31. The Morgan fingerprint density at radius 2 is 1.71 bits per heavy atom. The van der Waals surface area contributed by atoms with E-state index in [0.29, 0.717) is 11.7 Å². The van der Waals surface area contributed by atoms with Crippen LogP contribution in [0.5, 0.6) is 0 Å². The molecule has 2 heterocycles. The molecular weight excluding hydrogens is 216 g/mol. The molecule has 0 aromatic heterocycles. The first-order valence-corrected chi connectivity index (χ1v) is 6.85. The largest absolute Gasteiger partial charge is 0.381 e. The molecule has 0 aliphatic carbocycles. The van der Waals surface area contributed by atoms with E-state index in [2.05, 4.69) is 4.90 Å². The highest BCUT2D eigenvalue weighted by atomic mass is 16.5. The monoisotopic (exact) mass is 240 g/mol. The van der Waals surface area contributed by atoms with Crippen molar-refractivity contribution in [2.75, 3.05) is 39.4 Å². The standard InChI is InChI=1S/C13H24N2O2/c14-5-8-15-6-1-11(2-7-15)13(16)12-3-9-17-10-4-12/h11-12H,1-10,14H2. The predicted octanol–water partition coefficient (Wildman–Crippen LogP) is 0.653. The molecule has 2 aliphatic heterocycles. The van der Waals surface area contributed by atoms with Crippen LogP contribution in [0, 0.1) is 11.8 Å². The van der Waals surface area contributed by atoms with Crippen molar-refractivity contribution in [1.29, 1.82) is 0 Å².